The number of carbonyl (C=O) groups excluding carboxylic acids is 1. The lowest BCUT2D eigenvalue weighted by Gasteiger charge is -1.85. The molecule has 1 rings (SSSR count). The molecule has 0 aliphatic heterocycles. The van der Waals surface area contributed by atoms with Gasteiger partial charge in [0, 0.05) is 16.2 Å². The summed E-state index contributed by atoms with van der Waals surface area (Å²) in [5, 5.41) is 8.78. The molecule has 0 aromatic carbocycles. The summed E-state index contributed by atoms with van der Waals surface area (Å²) in [6.07, 6.45) is 3.80. The summed E-state index contributed by atoms with van der Waals surface area (Å²) in [4.78, 5) is 12.3. The fourth-order valence-corrected chi connectivity index (χ4v) is 1.66. The maximum absolute atomic E-state index is 10.4. The molecule has 3 nitrogen and oxygen atoms in total. The van der Waals surface area contributed by atoms with Crippen LogP contribution in [-0.2, 0) is 11.4 Å². The van der Waals surface area contributed by atoms with Crippen LogP contribution in [0.4, 0.5) is 0 Å². The maximum Gasteiger partial charge on any atom is 0.221 e. The van der Waals surface area contributed by atoms with E-state index in [2.05, 4.69) is 0 Å². The number of hydrogen-bond donors (Lipinski definition) is 2. The second-order valence-electron chi connectivity index (χ2n) is 2.53. The Hall–Kier alpha value is -1.13. The summed E-state index contributed by atoms with van der Waals surface area (Å²) >= 11 is 1.50. The molecule has 0 aliphatic carbocycles. The first-order valence-electron chi connectivity index (χ1n) is 3.87. The van der Waals surface area contributed by atoms with Crippen molar-refractivity contribution < 1.29 is 9.90 Å². The molecule has 0 bridgehead atoms. The Labute approximate surface area is 80.5 Å². The summed E-state index contributed by atoms with van der Waals surface area (Å²) in [5.41, 5.74) is 4.96. The SMILES string of the molecule is NC(=O)CC=Cc1ccc(CO)s1. The molecule has 1 aromatic rings. The van der Waals surface area contributed by atoms with Gasteiger partial charge in [-0.2, -0.15) is 0 Å². The molecule has 0 spiro atoms. The number of rotatable bonds is 4. The van der Waals surface area contributed by atoms with Gasteiger partial charge in [0.25, 0.3) is 0 Å². The van der Waals surface area contributed by atoms with E-state index < -0.39 is 0 Å². The van der Waals surface area contributed by atoms with Gasteiger partial charge in [-0.05, 0) is 18.2 Å². The van der Waals surface area contributed by atoms with Crippen LogP contribution in [0.15, 0.2) is 18.2 Å². The monoisotopic (exact) mass is 197 g/mol. The molecule has 1 heterocycles. The third-order valence-corrected chi connectivity index (χ3v) is 2.47. The Bertz CT molecular complexity index is 317. The highest BCUT2D eigenvalue weighted by atomic mass is 32.1. The van der Waals surface area contributed by atoms with E-state index in [4.69, 9.17) is 10.8 Å². The van der Waals surface area contributed by atoms with E-state index in [-0.39, 0.29) is 18.9 Å². The molecule has 1 amide bonds. The number of carbonyl (C=O) groups is 1. The Kier molecular flexibility index (Phi) is 3.67. The van der Waals surface area contributed by atoms with Gasteiger partial charge in [-0.15, -0.1) is 11.3 Å². The molecular weight excluding hydrogens is 186 g/mol. The van der Waals surface area contributed by atoms with Crippen molar-refractivity contribution in [2.45, 2.75) is 13.0 Å². The topological polar surface area (TPSA) is 63.3 Å². The van der Waals surface area contributed by atoms with Crippen molar-refractivity contribution >= 4 is 23.3 Å². The van der Waals surface area contributed by atoms with Crippen LogP contribution in [0, 0.1) is 0 Å². The minimum absolute atomic E-state index is 0.0638. The first-order chi connectivity index (χ1) is 6.22. The van der Waals surface area contributed by atoms with Crippen molar-refractivity contribution in [2.24, 2.45) is 5.73 Å². The van der Waals surface area contributed by atoms with Gasteiger partial charge in [0.1, 0.15) is 0 Å². The van der Waals surface area contributed by atoms with E-state index in [0.717, 1.165) is 9.75 Å². The molecule has 0 fully saturated rings. The minimum atomic E-state index is -0.338. The van der Waals surface area contributed by atoms with E-state index >= 15 is 0 Å². The van der Waals surface area contributed by atoms with Crippen molar-refractivity contribution in [1.82, 2.24) is 0 Å². The lowest BCUT2D eigenvalue weighted by Crippen LogP contribution is -2.07. The number of nitrogens with two attached hydrogens (primary N) is 1. The third-order valence-electron chi connectivity index (χ3n) is 1.44. The van der Waals surface area contributed by atoms with E-state index in [1.165, 1.54) is 11.3 Å². The van der Waals surface area contributed by atoms with Gasteiger partial charge in [-0.25, -0.2) is 0 Å². The van der Waals surface area contributed by atoms with Crippen LogP contribution in [0.25, 0.3) is 6.08 Å². The van der Waals surface area contributed by atoms with Crippen molar-refractivity contribution in [3.8, 4) is 0 Å². The molecule has 0 radical (unpaired) electrons. The second kappa shape index (κ2) is 4.79. The summed E-state index contributed by atoms with van der Waals surface area (Å²) < 4.78 is 0. The number of aliphatic hydroxyl groups is 1. The number of primary amides is 1. The Morgan fingerprint density at radius 2 is 2.38 bits per heavy atom. The molecule has 0 aliphatic rings. The molecule has 13 heavy (non-hydrogen) atoms. The van der Waals surface area contributed by atoms with E-state index in [0.29, 0.717) is 0 Å². The minimum Gasteiger partial charge on any atom is -0.391 e. The van der Waals surface area contributed by atoms with Crippen molar-refractivity contribution in [3.05, 3.63) is 28.0 Å². The number of aliphatic hydroxyl groups excluding tert-OH is 1. The summed E-state index contributed by atoms with van der Waals surface area (Å²) in [6, 6.07) is 3.75. The molecule has 0 unspecified atom stereocenters. The molecular formula is C9H11NO2S. The smallest absolute Gasteiger partial charge is 0.221 e. The highest BCUT2D eigenvalue weighted by Crippen LogP contribution is 2.17. The second-order valence-corrected chi connectivity index (χ2v) is 3.73. The van der Waals surface area contributed by atoms with Crippen LogP contribution in [-0.4, -0.2) is 11.0 Å². The van der Waals surface area contributed by atoms with Gasteiger partial charge in [0.15, 0.2) is 0 Å². The first kappa shape index (κ1) is 9.95. The average molecular weight is 197 g/mol. The average Bonchev–Trinajstić information content (AvgIpc) is 2.52. The third kappa shape index (κ3) is 3.40. The Morgan fingerprint density at radius 1 is 1.62 bits per heavy atom. The van der Waals surface area contributed by atoms with Crippen LogP contribution >= 0.6 is 11.3 Å². The van der Waals surface area contributed by atoms with Gasteiger partial charge in [-0.1, -0.05) is 6.08 Å². The molecule has 0 saturated heterocycles. The molecule has 70 valence electrons. The lowest BCUT2D eigenvalue weighted by molar-refractivity contribution is -0.117. The van der Waals surface area contributed by atoms with Crippen LogP contribution in [0.2, 0.25) is 0 Å². The highest BCUT2D eigenvalue weighted by molar-refractivity contribution is 7.12. The predicted octanol–water partition coefficient (Wildman–Crippen LogP) is 1.13. The van der Waals surface area contributed by atoms with Gasteiger partial charge < -0.3 is 10.8 Å². The van der Waals surface area contributed by atoms with Crippen LogP contribution in [0.3, 0.4) is 0 Å². The molecule has 0 saturated carbocycles. The zero-order valence-electron chi connectivity index (χ0n) is 7.06. The van der Waals surface area contributed by atoms with E-state index in [9.17, 15) is 4.79 Å². The van der Waals surface area contributed by atoms with Crippen LogP contribution in [0.1, 0.15) is 16.2 Å². The quantitative estimate of drug-likeness (QED) is 0.760. The van der Waals surface area contributed by atoms with Crippen molar-refractivity contribution in [3.63, 3.8) is 0 Å². The Morgan fingerprint density at radius 3 is 2.92 bits per heavy atom. The maximum atomic E-state index is 10.4. The predicted molar refractivity (Wildman–Crippen MR) is 53.1 cm³/mol. The van der Waals surface area contributed by atoms with Gasteiger partial charge in [0.05, 0.1) is 6.61 Å². The van der Waals surface area contributed by atoms with Gasteiger partial charge >= 0.3 is 0 Å². The first-order valence-corrected chi connectivity index (χ1v) is 4.68. The van der Waals surface area contributed by atoms with Crippen molar-refractivity contribution in [2.75, 3.05) is 0 Å². The normalized spacial score (nSPS) is 10.8. The van der Waals surface area contributed by atoms with Crippen molar-refractivity contribution in [1.29, 1.82) is 0 Å². The lowest BCUT2D eigenvalue weighted by atomic mass is 10.3. The summed E-state index contributed by atoms with van der Waals surface area (Å²) in [6.45, 7) is 0.0638. The van der Waals surface area contributed by atoms with Gasteiger partial charge in [0.2, 0.25) is 5.91 Å². The van der Waals surface area contributed by atoms with Crippen LogP contribution in [0.5, 0.6) is 0 Å². The summed E-state index contributed by atoms with van der Waals surface area (Å²) in [7, 11) is 0. The largest absolute Gasteiger partial charge is 0.391 e. The molecule has 4 heteroatoms. The zero-order valence-corrected chi connectivity index (χ0v) is 7.88. The van der Waals surface area contributed by atoms with Crippen LogP contribution < -0.4 is 5.73 Å². The molecule has 3 N–H and O–H groups in total. The molecule has 1 aromatic heterocycles. The van der Waals surface area contributed by atoms with E-state index in [1.54, 1.807) is 6.08 Å². The zero-order chi connectivity index (χ0) is 9.68. The standard InChI is InChI=1S/C9H11NO2S/c10-9(12)3-1-2-7-4-5-8(6-11)13-7/h1-2,4-5,11H,3,6H2,(H2,10,12). The Balaban J connectivity index is 2.53. The summed E-state index contributed by atoms with van der Waals surface area (Å²) in [5.74, 6) is -0.338. The fraction of sp³-hybridized carbons (Fsp3) is 0.222. The fourth-order valence-electron chi connectivity index (χ4n) is 0.860. The highest BCUT2D eigenvalue weighted by Gasteiger charge is 1.94. The number of amides is 1. The number of hydrogen-bond acceptors (Lipinski definition) is 3. The molecule has 0 atom stereocenters. The number of thiophene rings is 1. The van der Waals surface area contributed by atoms with Gasteiger partial charge in [-0.3, -0.25) is 4.79 Å². The van der Waals surface area contributed by atoms with E-state index in [1.807, 2.05) is 18.2 Å².